The standard InChI is InChI=1S/C26H24F2N2O.C26H20F2N2O.CH4O.B.BrH.Na.H/c2*1-18-14-15-30(16-19-6-3-2-4-7-19)17-22(18)20-10-12-21(13-11-20)29-26(31)25-23(27)8-5-9-24(25)28;1-2;;;;/h2-13H,14-17H2,1H3,(H,29,31);2-15,17H,16H2,1H3;2H,1H3;;1H;;/q;;;;;+1;-1. The second-order valence-electron chi connectivity index (χ2n) is 15.2. The summed E-state index contributed by atoms with van der Waals surface area (Å²) in [5, 5.41) is 12.1. The smallest absolute Gasteiger partial charge is 1.00 e. The fourth-order valence-electron chi connectivity index (χ4n) is 7.34. The number of halogens is 5. The van der Waals surface area contributed by atoms with E-state index in [4.69, 9.17) is 5.11 Å². The van der Waals surface area contributed by atoms with Gasteiger partial charge in [0.25, 0.3) is 11.8 Å². The zero-order chi connectivity index (χ0) is 45.6. The number of carbonyl (C=O) groups is 2. The number of nitrogens with one attached hydrogen (secondary N) is 2. The molecule has 2 amide bonds. The number of aliphatic hydroxyl groups excluding tert-OH is 1. The minimum absolute atomic E-state index is 0. The Hall–Kier alpha value is -5.67. The molecule has 1 aliphatic heterocycles. The molecule has 0 atom stereocenters. The van der Waals surface area contributed by atoms with Crippen molar-refractivity contribution in [1.82, 2.24) is 4.90 Å². The molecule has 0 unspecified atom stereocenters. The van der Waals surface area contributed by atoms with Crippen LogP contribution in [-0.2, 0) is 13.1 Å². The molecule has 14 heteroatoms. The number of hydrogen-bond donors (Lipinski definition) is 3. The van der Waals surface area contributed by atoms with Gasteiger partial charge in [-0.1, -0.05) is 103 Å². The molecule has 0 saturated heterocycles. The monoisotopic (exact) mass is 979 g/mol. The molecule has 7 nitrogen and oxygen atoms in total. The summed E-state index contributed by atoms with van der Waals surface area (Å²) in [4.78, 5) is 27.0. The van der Waals surface area contributed by atoms with Crippen LogP contribution in [0.1, 0.15) is 57.7 Å². The Morgan fingerprint density at radius 1 is 0.627 bits per heavy atom. The number of aliphatic hydroxyl groups is 1. The summed E-state index contributed by atoms with van der Waals surface area (Å²) in [5.74, 6) is -5.16. The van der Waals surface area contributed by atoms with Crippen molar-refractivity contribution in [3.63, 3.8) is 0 Å². The summed E-state index contributed by atoms with van der Waals surface area (Å²) in [6.07, 6.45) is 5.14. The Morgan fingerprint density at radius 3 is 1.55 bits per heavy atom. The number of carbonyl (C=O) groups excluding carboxylic acids is 2. The van der Waals surface area contributed by atoms with Gasteiger partial charge in [-0.05, 0) is 96.6 Å². The molecule has 3 radical (unpaired) electrons. The van der Waals surface area contributed by atoms with E-state index in [1.54, 1.807) is 24.3 Å². The summed E-state index contributed by atoms with van der Waals surface area (Å²) in [7, 11) is 1.00. The van der Waals surface area contributed by atoms with E-state index in [2.05, 4.69) is 75.7 Å². The van der Waals surface area contributed by atoms with Crippen molar-refractivity contribution in [2.75, 3.05) is 30.8 Å². The SMILES string of the molecule is CC1=C(c2ccc(NC(=O)c3c(F)cccc3F)cc2)CN(Cc2ccccc2)CC1.CO.Cc1cc[n+](Cc2ccccc2)cc1-c1ccc(NC(=O)c2c(F)cccc2F)cc1.[B].[Br-].[H-].[Na+]. The van der Waals surface area contributed by atoms with Crippen molar-refractivity contribution in [2.24, 2.45) is 0 Å². The number of aromatic nitrogens is 1. The van der Waals surface area contributed by atoms with Gasteiger partial charge in [0.15, 0.2) is 18.9 Å². The molecule has 339 valence electrons. The van der Waals surface area contributed by atoms with Crippen LogP contribution in [0.25, 0.3) is 16.7 Å². The van der Waals surface area contributed by atoms with Crippen molar-refractivity contribution in [3.05, 3.63) is 226 Å². The van der Waals surface area contributed by atoms with E-state index in [1.807, 2.05) is 61.7 Å². The van der Waals surface area contributed by atoms with Crippen molar-refractivity contribution in [1.29, 1.82) is 0 Å². The van der Waals surface area contributed by atoms with E-state index >= 15 is 0 Å². The fourth-order valence-corrected chi connectivity index (χ4v) is 7.34. The van der Waals surface area contributed by atoms with Crippen LogP contribution in [0.4, 0.5) is 28.9 Å². The number of rotatable bonds is 10. The van der Waals surface area contributed by atoms with Crippen molar-refractivity contribution in [3.8, 4) is 11.1 Å². The first-order valence-electron chi connectivity index (χ1n) is 20.7. The molecule has 0 spiro atoms. The number of aryl methyl sites for hydroxylation is 1. The molecule has 7 aromatic rings. The van der Waals surface area contributed by atoms with Crippen molar-refractivity contribution >= 4 is 37.2 Å². The molecule has 1 aliphatic rings. The van der Waals surface area contributed by atoms with Crippen LogP contribution < -0.4 is 61.7 Å². The Morgan fingerprint density at radius 2 is 1.07 bits per heavy atom. The van der Waals surface area contributed by atoms with E-state index in [1.165, 1.54) is 34.4 Å². The summed E-state index contributed by atoms with van der Waals surface area (Å²) in [6.45, 7) is 7.74. The summed E-state index contributed by atoms with van der Waals surface area (Å²) in [5.41, 5.74) is 9.18. The van der Waals surface area contributed by atoms with Gasteiger partial charge in [-0.25, -0.2) is 22.1 Å². The van der Waals surface area contributed by atoms with Crippen LogP contribution in [0.2, 0.25) is 0 Å². The molecule has 67 heavy (non-hydrogen) atoms. The van der Waals surface area contributed by atoms with Gasteiger partial charge in [0, 0.05) is 63.7 Å². The molecule has 0 fully saturated rings. The zero-order valence-corrected chi connectivity index (χ0v) is 41.3. The first-order chi connectivity index (χ1) is 31.0. The van der Waals surface area contributed by atoms with Gasteiger partial charge in [-0.3, -0.25) is 14.5 Å². The minimum Gasteiger partial charge on any atom is -1.00 e. The Kier molecular flexibility index (Phi) is 22.6. The van der Waals surface area contributed by atoms with Gasteiger partial charge in [0.2, 0.25) is 0 Å². The molecule has 6 aromatic carbocycles. The van der Waals surface area contributed by atoms with Crippen LogP contribution in [-0.4, -0.2) is 50.4 Å². The minimum atomic E-state index is -0.892. The van der Waals surface area contributed by atoms with Gasteiger partial charge in [0.1, 0.15) is 34.4 Å². The molecular formula is C53H50BBrF4N4NaO3. The molecule has 3 N–H and O–H groups in total. The van der Waals surface area contributed by atoms with Gasteiger partial charge in [-0.15, -0.1) is 0 Å². The van der Waals surface area contributed by atoms with Crippen LogP contribution in [0.15, 0.2) is 170 Å². The van der Waals surface area contributed by atoms with E-state index in [0.29, 0.717) is 11.4 Å². The van der Waals surface area contributed by atoms with Crippen LogP contribution in [0, 0.1) is 30.2 Å². The maximum atomic E-state index is 13.8. The molecule has 0 saturated carbocycles. The molecule has 0 aliphatic carbocycles. The van der Waals surface area contributed by atoms with E-state index in [-0.39, 0.29) is 56.4 Å². The third-order valence-electron chi connectivity index (χ3n) is 10.7. The predicted molar refractivity (Wildman–Crippen MR) is 251 cm³/mol. The average molecular weight is 981 g/mol. The fraction of sp³-hybridized carbons (Fsp3) is 0.151. The van der Waals surface area contributed by atoms with Crippen LogP contribution in [0.5, 0.6) is 0 Å². The summed E-state index contributed by atoms with van der Waals surface area (Å²) in [6, 6.07) is 44.0. The predicted octanol–water partition coefficient (Wildman–Crippen LogP) is 4.77. The topological polar surface area (TPSA) is 85.6 Å². The van der Waals surface area contributed by atoms with E-state index in [0.717, 1.165) is 86.2 Å². The van der Waals surface area contributed by atoms with Gasteiger partial charge in [0.05, 0.1) is 0 Å². The van der Waals surface area contributed by atoms with Crippen LogP contribution >= 0.6 is 0 Å². The number of amides is 2. The number of hydrogen-bond acceptors (Lipinski definition) is 4. The third-order valence-corrected chi connectivity index (χ3v) is 10.7. The molecular weight excluding hydrogens is 930 g/mol. The van der Waals surface area contributed by atoms with E-state index in [9.17, 15) is 27.2 Å². The van der Waals surface area contributed by atoms with Gasteiger partial charge < -0.3 is 34.1 Å². The van der Waals surface area contributed by atoms with Crippen molar-refractivity contribution in [2.45, 2.75) is 33.4 Å². The summed E-state index contributed by atoms with van der Waals surface area (Å²) < 4.78 is 57.4. The molecule has 2 heterocycles. The maximum absolute atomic E-state index is 13.8. The van der Waals surface area contributed by atoms with Crippen molar-refractivity contribution < 1.29 is 84.8 Å². The number of nitrogens with zero attached hydrogens (tertiary/aromatic N) is 2. The Bertz CT molecular complexity index is 2700. The van der Waals surface area contributed by atoms with Gasteiger partial charge in [-0.2, -0.15) is 0 Å². The normalized spacial score (nSPS) is 11.8. The van der Waals surface area contributed by atoms with Crippen LogP contribution in [0.3, 0.4) is 0 Å². The Labute approximate surface area is 425 Å². The zero-order valence-electron chi connectivity index (χ0n) is 38.7. The second-order valence-corrected chi connectivity index (χ2v) is 15.2. The maximum Gasteiger partial charge on any atom is 1.00 e. The first kappa shape index (κ1) is 55.7. The number of pyridine rings is 1. The quantitative estimate of drug-likeness (QED) is 0.105. The molecule has 8 rings (SSSR count). The third kappa shape index (κ3) is 15.2. The molecule has 0 bridgehead atoms. The first-order valence-corrected chi connectivity index (χ1v) is 20.7. The summed E-state index contributed by atoms with van der Waals surface area (Å²) >= 11 is 0. The van der Waals surface area contributed by atoms with E-state index < -0.39 is 46.2 Å². The number of anilines is 2. The largest absolute Gasteiger partial charge is 1.00 e. The molecule has 1 aromatic heterocycles. The second kappa shape index (κ2) is 27.2. The Balaban J connectivity index is 0.000000426. The van der Waals surface area contributed by atoms with Gasteiger partial charge >= 0.3 is 29.6 Å². The average Bonchev–Trinajstić information content (AvgIpc) is 3.30. The number of benzene rings is 6.